The molecule has 0 fully saturated rings. The van der Waals surface area contributed by atoms with E-state index in [2.05, 4.69) is 9.97 Å². The third kappa shape index (κ3) is 2.83. The van der Waals surface area contributed by atoms with Gasteiger partial charge in [0.2, 0.25) is 5.88 Å². The lowest BCUT2D eigenvalue weighted by molar-refractivity contribution is 0.455. The summed E-state index contributed by atoms with van der Waals surface area (Å²) in [4.78, 5) is 7.70. The summed E-state index contributed by atoms with van der Waals surface area (Å²) in [5.41, 5.74) is 0.446. The van der Waals surface area contributed by atoms with Crippen LogP contribution in [0.15, 0.2) is 24.5 Å². The van der Waals surface area contributed by atoms with Gasteiger partial charge in [-0.25, -0.2) is 14.4 Å². The summed E-state index contributed by atoms with van der Waals surface area (Å²) in [7, 11) is 0. The maximum absolute atomic E-state index is 12.9. The van der Waals surface area contributed by atoms with Gasteiger partial charge in [-0.2, -0.15) is 0 Å². The smallest absolute Gasteiger partial charge is 0.228 e. The molecule has 7 heteroatoms. The number of alkyl halides is 1. The Bertz CT molecular complexity index is 580. The van der Waals surface area contributed by atoms with Crippen molar-refractivity contribution < 1.29 is 9.13 Å². The van der Waals surface area contributed by atoms with E-state index in [1.54, 1.807) is 0 Å². The van der Waals surface area contributed by atoms with Crippen molar-refractivity contribution in [2.24, 2.45) is 0 Å². The van der Waals surface area contributed by atoms with Crippen molar-refractivity contribution >= 4 is 34.8 Å². The summed E-state index contributed by atoms with van der Waals surface area (Å²) in [5.74, 6) is 0.0942. The molecule has 2 rings (SSSR count). The number of hydrogen-bond acceptors (Lipinski definition) is 3. The maximum atomic E-state index is 12.9. The second-order valence-corrected chi connectivity index (χ2v) is 4.29. The Morgan fingerprint density at radius 3 is 2.67 bits per heavy atom. The molecule has 0 spiro atoms. The fraction of sp³-hybridized carbons (Fsp3) is 0.0909. The first kappa shape index (κ1) is 13.3. The number of benzene rings is 1. The summed E-state index contributed by atoms with van der Waals surface area (Å²) in [6.07, 6.45) is 1.24. The van der Waals surface area contributed by atoms with Gasteiger partial charge in [0.1, 0.15) is 23.0 Å². The van der Waals surface area contributed by atoms with Crippen molar-refractivity contribution in [3.8, 4) is 11.6 Å². The van der Waals surface area contributed by atoms with Gasteiger partial charge in [-0.05, 0) is 18.2 Å². The van der Waals surface area contributed by atoms with E-state index in [0.29, 0.717) is 5.56 Å². The molecule has 0 radical (unpaired) electrons. The average molecular weight is 308 g/mol. The Hall–Kier alpha value is -1.10. The Balaban J connectivity index is 2.37. The van der Waals surface area contributed by atoms with Crippen LogP contribution < -0.4 is 4.74 Å². The average Bonchev–Trinajstić information content (AvgIpc) is 2.33. The maximum Gasteiger partial charge on any atom is 0.228 e. The minimum absolute atomic E-state index is 0.0911. The first-order valence-corrected chi connectivity index (χ1v) is 6.09. The van der Waals surface area contributed by atoms with E-state index in [0.717, 1.165) is 6.07 Å². The van der Waals surface area contributed by atoms with Crippen molar-refractivity contribution in [3.63, 3.8) is 0 Å². The molecule has 1 heterocycles. The van der Waals surface area contributed by atoms with Gasteiger partial charge < -0.3 is 4.74 Å². The van der Waals surface area contributed by atoms with E-state index in [1.165, 1.54) is 18.5 Å². The minimum Gasteiger partial charge on any atom is -0.437 e. The highest BCUT2D eigenvalue weighted by molar-refractivity contribution is 6.32. The fourth-order valence-electron chi connectivity index (χ4n) is 1.24. The van der Waals surface area contributed by atoms with Gasteiger partial charge in [0.15, 0.2) is 0 Å². The molecule has 0 N–H and O–H groups in total. The van der Waals surface area contributed by atoms with E-state index in [9.17, 15) is 4.39 Å². The standard InChI is InChI=1S/C11H6Cl3FN2O/c12-4-7-10(14)16-5-17-11(7)18-9-2-1-6(15)3-8(9)13/h1-3,5H,4H2. The predicted octanol–water partition coefficient (Wildman–Crippen LogP) is 4.45. The molecule has 18 heavy (non-hydrogen) atoms. The van der Waals surface area contributed by atoms with Crippen molar-refractivity contribution in [1.29, 1.82) is 0 Å². The van der Waals surface area contributed by atoms with Crippen LogP contribution in [-0.4, -0.2) is 9.97 Å². The highest BCUT2D eigenvalue weighted by Gasteiger charge is 2.13. The van der Waals surface area contributed by atoms with Crippen LogP contribution in [0.1, 0.15) is 5.56 Å². The van der Waals surface area contributed by atoms with E-state index >= 15 is 0 Å². The van der Waals surface area contributed by atoms with E-state index in [-0.39, 0.29) is 27.7 Å². The van der Waals surface area contributed by atoms with Crippen LogP contribution in [-0.2, 0) is 5.88 Å². The second-order valence-electron chi connectivity index (χ2n) is 3.26. The molecule has 0 bridgehead atoms. The van der Waals surface area contributed by atoms with Crippen molar-refractivity contribution in [2.45, 2.75) is 5.88 Å². The number of aromatic nitrogens is 2. The number of nitrogens with zero attached hydrogens (tertiary/aromatic N) is 2. The van der Waals surface area contributed by atoms with Crippen molar-refractivity contribution in [2.75, 3.05) is 0 Å². The topological polar surface area (TPSA) is 35.0 Å². The third-order valence-corrected chi connectivity index (χ3v) is 2.98. The number of rotatable bonds is 3. The van der Waals surface area contributed by atoms with Crippen LogP contribution in [0.5, 0.6) is 11.6 Å². The Kier molecular flexibility index (Phi) is 4.22. The molecule has 0 aliphatic rings. The molecule has 0 aliphatic carbocycles. The lowest BCUT2D eigenvalue weighted by Gasteiger charge is -2.09. The van der Waals surface area contributed by atoms with E-state index in [1.807, 2.05) is 0 Å². The molecule has 0 saturated heterocycles. The van der Waals surface area contributed by atoms with Crippen LogP contribution in [0.2, 0.25) is 10.2 Å². The number of halogens is 4. The molecule has 0 aliphatic heterocycles. The Labute approximate surface area is 117 Å². The number of hydrogen-bond donors (Lipinski definition) is 0. The van der Waals surface area contributed by atoms with Gasteiger partial charge in [0, 0.05) is 0 Å². The molecule has 0 saturated carbocycles. The molecular weight excluding hydrogens is 301 g/mol. The zero-order chi connectivity index (χ0) is 13.1. The summed E-state index contributed by atoms with van der Waals surface area (Å²) in [6, 6.07) is 3.76. The minimum atomic E-state index is -0.453. The SMILES string of the molecule is Fc1ccc(Oc2ncnc(Cl)c2CCl)c(Cl)c1. The van der Waals surface area contributed by atoms with Crippen molar-refractivity contribution in [3.05, 3.63) is 46.1 Å². The molecule has 1 aromatic carbocycles. The largest absolute Gasteiger partial charge is 0.437 e. The molecule has 94 valence electrons. The van der Waals surface area contributed by atoms with Crippen molar-refractivity contribution in [1.82, 2.24) is 9.97 Å². The van der Waals surface area contributed by atoms with Crippen LogP contribution >= 0.6 is 34.8 Å². The summed E-state index contributed by atoms with van der Waals surface area (Å²) >= 11 is 17.4. The van der Waals surface area contributed by atoms with Crippen LogP contribution in [0.3, 0.4) is 0 Å². The molecule has 2 aromatic rings. The van der Waals surface area contributed by atoms with Gasteiger partial charge in [-0.1, -0.05) is 23.2 Å². The molecular formula is C11H6Cl3FN2O. The summed E-state index contributed by atoms with van der Waals surface area (Å²) in [5, 5.41) is 0.332. The first-order valence-electron chi connectivity index (χ1n) is 4.80. The summed E-state index contributed by atoms with van der Waals surface area (Å²) < 4.78 is 18.3. The Morgan fingerprint density at radius 2 is 2.00 bits per heavy atom. The van der Waals surface area contributed by atoms with Gasteiger partial charge in [0.05, 0.1) is 16.5 Å². The first-order chi connectivity index (χ1) is 8.61. The third-order valence-electron chi connectivity index (χ3n) is 2.09. The van der Waals surface area contributed by atoms with Crippen LogP contribution in [0.25, 0.3) is 0 Å². The summed E-state index contributed by atoms with van der Waals surface area (Å²) in [6.45, 7) is 0. The molecule has 1 aromatic heterocycles. The zero-order valence-corrected chi connectivity index (χ0v) is 11.1. The zero-order valence-electron chi connectivity index (χ0n) is 8.83. The van der Waals surface area contributed by atoms with Crippen LogP contribution in [0.4, 0.5) is 4.39 Å². The monoisotopic (exact) mass is 306 g/mol. The molecule has 0 amide bonds. The lowest BCUT2D eigenvalue weighted by atomic mass is 10.3. The quantitative estimate of drug-likeness (QED) is 0.620. The fourth-order valence-corrected chi connectivity index (χ4v) is 1.94. The molecule has 0 atom stereocenters. The highest BCUT2D eigenvalue weighted by Crippen LogP contribution is 2.32. The van der Waals surface area contributed by atoms with Gasteiger partial charge in [0.25, 0.3) is 0 Å². The molecule has 0 unspecified atom stereocenters. The predicted molar refractivity (Wildman–Crippen MR) is 68.1 cm³/mol. The Morgan fingerprint density at radius 1 is 1.22 bits per heavy atom. The normalized spacial score (nSPS) is 10.4. The van der Waals surface area contributed by atoms with Gasteiger partial charge in [-0.3, -0.25) is 0 Å². The van der Waals surface area contributed by atoms with Gasteiger partial charge >= 0.3 is 0 Å². The van der Waals surface area contributed by atoms with Crippen LogP contribution in [0, 0.1) is 5.82 Å². The van der Waals surface area contributed by atoms with Gasteiger partial charge in [-0.15, -0.1) is 11.6 Å². The van der Waals surface area contributed by atoms with E-state index < -0.39 is 5.82 Å². The lowest BCUT2D eigenvalue weighted by Crippen LogP contribution is -1.96. The van der Waals surface area contributed by atoms with E-state index in [4.69, 9.17) is 39.5 Å². The molecule has 3 nitrogen and oxygen atoms in total. The number of ether oxygens (including phenoxy) is 1. The highest BCUT2D eigenvalue weighted by atomic mass is 35.5. The second kappa shape index (κ2) is 5.69.